The van der Waals surface area contributed by atoms with Crippen LogP contribution < -0.4 is 16.4 Å². The molecule has 4 rings (SSSR count). The lowest BCUT2D eigenvalue weighted by Crippen LogP contribution is -2.61. The Morgan fingerprint density at radius 3 is 1.12 bits per heavy atom. The Morgan fingerprint density at radius 2 is 0.880 bits per heavy atom. The second kappa shape index (κ2) is 8.27. The van der Waals surface area contributed by atoms with Crippen LogP contribution in [0, 0.1) is 0 Å². The van der Waals surface area contributed by atoms with Crippen LogP contribution in [0.2, 0.25) is 0 Å². The van der Waals surface area contributed by atoms with Gasteiger partial charge < -0.3 is 13.7 Å². The first-order valence-corrected chi connectivity index (χ1v) is 7.56. The number of aromatic nitrogens is 3. The zero-order chi connectivity index (χ0) is 16.2. The van der Waals surface area contributed by atoms with Crippen molar-refractivity contribution < 1.29 is 13.7 Å². The zero-order valence-corrected chi connectivity index (χ0v) is 14.0. The van der Waals surface area contributed by atoms with Crippen LogP contribution in [0.4, 0.5) is 0 Å². The molecule has 0 atom stereocenters. The molecule has 0 N–H and O–H groups in total. The first-order valence-electron chi connectivity index (χ1n) is 7.56. The largest absolute Gasteiger partial charge is 0.468 e. The van der Waals surface area contributed by atoms with Gasteiger partial charge in [-0.3, -0.25) is 15.0 Å². The molecule has 3 aromatic heterocycles. The van der Waals surface area contributed by atoms with Gasteiger partial charge in [-0.05, 0) is 34.6 Å². The van der Waals surface area contributed by atoms with Crippen molar-refractivity contribution in [2.24, 2.45) is 0 Å². The summed E-state index contributed by atoms with van der Waals surface area (Å²) in [7, 11) is -1.78. The third kappa shape index (κ3) is 4.08. The first-order chi connectivity index (χ1) is 11.9. The van der Waals surface area contributed by atoms with E-state index in [1.807, 2.05) is 36.4 Å². The highest BCUT2D eigenvalue weighted by molar-refractivity contribution is 6.87. The molecular weight excluding hydrogens is 338 g/mol. The lowest BCUT2D eigenvalue weighted by Gasteiger charge is -2.31. The van der Waals surface area contributed by atoms with E-state index in [0.717, 1.165) is 16.4 Å². The predicted molar refractivity (Wildman–Crippen MR) is 99.4 cm³/mol. The molecule has 122 valence electrons. The number of hydrogen-bond acceptors (Lipinski definition) is 6. The smallest absolute Gasteiger partial charge is 0.444 e. The van der Waals surface area contributed by atoms with Crippen molar-refractivity contribution >= 4 is 50.2 Å². The standard InChI is InChI=1S/C15H12B3N3O3.ClH/c1-4-13(10-19-7-1)16-22-17(14-5-2-8-20-11-14)24-18(23-16)15-6-3-9-21-12-15;/h1-12H;1H. The summed E-state index contributed by atoms with van der Waals surface area (Å²) in [4.78, 5) is 12.4. The van der Waals surface area contributed by atoms with Gasteiger partial charge in [-0.2, -0.15) is 0 Å². The van der Waals surface area contributed by atoms with Gasteiger partial charge in [-0.1, -0.05) is 18.2 Å². The number of nitrogens with zero attached hydrogens (tertiary/aromatic N) is 3. The van der Waals surface area contributed by atoms with Gasteiger partial charge in [0, 0.05) is 37.2 Å². The van der Waals surface area contributed by atoms with Crippen LogP contribution in [-0.2, 0) is 13.7 Å². The second-order valence-corrected chi connectivity index (χ2v) is 5.26. The number of pyridine rings is 3. The first kappa shape index (κ1) is 17.6. The van der Waals surface area contributed by atoms with Gasteiger partial charge in [0.1, 0.15) is 0 Å². The molecule has 0 amide bonds. The van der Waals surface area contributed by atoms with E-state index >= 15 is 0 Å². The maximum atomic E-state index is 5.97. The summed E-state index contributed by atoms with van der Waals surface area (Å²) in [5.74, 6) is 0. The fraction of sp³-hybridized carbons (Fsp3) is 0. The van der Waals surface area contributed by atoms with Crippen molar-refractivity contribution in [3.8, 4) is 0 Å². The van der Waals surface area contributed by atoms with Gasteiger partial charge in [0.15, 0.2) is 0 Å². The van der Waals surface area contributed by atoms with Gasteiger partial charge in [-0.15, -0.1) is 12.4 Å². The molecule has 0 spiro atoms. The van der Waals surface area contributed by atoms with Gasteiger partial charge in [0.2, 0.25) is 0 Å². The molecule has 1 saturated heterocycles. The predicted octanol–water partition coefficient (Wildman–Crippen LogP) is -0.157. The second-order valence-electron chi connectivity index (χ2n) is 5.26. The Balaban J connectivity index is 0.00000182. The maximum Gasteiger partial charge on any atom is 0.468 e. The molecule has 10 heteroatoms. The average molecular weight is 351 g/mol. The molecule has 25 heavy (non-hydrogen) atoms. The molecule has 0 saturated carbocycles. The number of rotatable bonds is 3. The fourth-order valence-electron chi connectivity index (χ4n) is 2.45. The summed E-state index contributed by atoms with van der Waals surface area (Å²) in [5.41, 5.74) is 2.47. The van der Waals surface area contributed by atoms with E-state index in [1.165, 1.54) is 0 Å². The van der Waals surface area contributed by atoms with E-state index < -0.39 is 21.4 Å². The average Bonchev–Trinajstić information content (AvgIpc) is 2.70. The van der Waals surface area contributed by atoms with E-state index in [0.29, 0.717) is 0 Å². The fourth-order valence-corrected chi connectivity index (χ4v) is 2.45. The summed E-state index contributed by atoms with van der Waals surface area (Å²) in [5, 5.41) is 0. The van der Waals surface area contributed by atoms with Crippen LogP contribution in [0.1, 0.15) is 0 Å². The van der Waals surface area contributed by atoms with Crippen molar-refractivity contribution in [1.82, 2.24) is 15.0 Å². The highest BCUT2D eigenvalue weighted by atomic mass is 35.5. The molecule has 0 aromatic carbocycles. The molecule has 0 radical (unpaired) electrons. The van der Waals surface area contributed by atoms with Crippen LogP contribution in [0.15, 0.2) is 73.6 Å². The molecule has 0 bridgehead atoms. The number of hydrogen-bond donors (Lipinski definition) is 0. The minimum atomic E-state index is -0.595. The Hall–Kier alpha value is -2.19. The van der Waals surface area contributed by atoms with Gasteiger partial charge >= 0.3 is 21.4 Å². The Morgan fingerprint density at radius 1 is 0.560 bits per heavy atom. The van der Waals surface area contributed by atoms with Crippen molar-refractivity contribution in [2.75, 3.05) is 0 Å². The quantitative estimate of drug-likeness (QED) is 0.611. The molecule has 4 heterocycles. The molecule has 1 fully saturated rings. The summed E-state index contributed by atoms with van der Waals surface area (Å²) in [6, 6.07) is 11.2. The van der Waals surface area contributed by atoms with Gasteiger partial charge in [-0.25, -0.2) is 0 Å². The lowest BCUT2D eigenvalue weighted by molar-refractivity contribution is 0.308. The van der Waals surface area contributed by atoms with Gasteiger partial charge in [0.05, 0.1) is 0 Å². The Kier molecular flexibility index (Phi) is 5.83. The van der Waals surface area contributed by atoms with Crippen LogP contribution in [-0.4, -0.2) is 36.3 Å². The monoisotopic (exact) mass is 351 g/mol. The van der Waals surface area contributed by atoms with Crippen LogP contribution >= 0.6 is 12.4 Å². The molecule has 0 aliphatic carbocycles. The highest BCUT2D eigenvalue weighted by Crippen LogP contribution is 2.09. The molecular formula is C15H13B3ClN3O3. The normalized spacial score (nSPS) is 14.2. The molecule has 1 aliphatic rings. The summed E-state index contributed by atoms with van der Waals surface area (Å²) < 4.78 is 17.9. The van der Waals surface area contributed by atoms with E-state index in [4.69, 9.17) is 13.7 Å². The van der Waals surface area contributed by atoms with Crippen LogP contribution in [0.25, 0.3) is 0 Å². The van der Waals surface area contributed by atoms with E-state index in [1.54, 1.807) is 37.2 Å². The topological polar surface area (TPSA) is 66.4 Å². The van der Waals surface area contributed by atoms with Crippen molar-refractivity contribution in [2.45, 2.75) is 0 Å². The summed E-state index contributed by atoms with van der Waals surface area (Å²) in [6.07, 6.45) is 10.3. The van der Waals surface area contributed by atoms with Crippen LogP contribution in [0.5, 0.6) is 0 Å². The molecule has 0 unspecified atom stereocenters. The van der Waals surface area contributed by atoms with E-state index in [9.17, 15) is 0 Å². The molecule has 1 aliphatic heterocycles. The molecule has 3 aromatic rings. The summed E-state index contributed by atoms with van der Waals surface area (Å²) >= 11 is 0. The maximum absolute atomic E-state index is 5.97. The van der Waals surface area contributed by atoms with E-state index in [-0.39, 0.29) is 12.4 Å². The third-order valence-corrected chi connectivity index (χ3v) is 3.61. The minimum Gasteiger partial charge on any atom is -0.444 e. The van der Waals surface area contributed by atoms with Crippen molar-refractivity contribution in [1.29, 1.82) is 0 Å². The van der Waals surface area contributed by atoms with Crippen molar-refractivity contribution in [3.05, 3.63) is 73.6 Å². The highest BCUT2D eigenvalue weighted by Gasteiger charge is 2.43. The Bertz CT molecular complexity index is 675. The zero-order valence-electron chi connectivity index (χ0n) is 13.1. The van der Waals surface area contributed by atoms with Crippen LogP contribution in [0.3, 0.4) is 0 Å². The Labute approximate surface area is 152 Å². The third-order valence-electron chi connectivity index (χ3n) is 3.61. The van der Waals surface area contributed by atoms with Gasteiger partial charge in [0.25, 0.3) is 0 Å². The summed E-state index contributed by atoms with van der Waals surface area (Å²) in [6.45, 7) is 0. The van der Waals surface area contributed by atoms with E-state index in [2.05, 4.69) is 15.0 Å². The SMILES string of the molecule is Cl.c1cncc(B2OB(c3cccnc3)OB(c3cccnc3)O2)c1. The minimum absolute atomic E-state index is 0. The lowest BCUT2D eigenvalue weighted by atomic mass is 9.62. The molecule has 6 nitrogen and oxygen atoms in total. The number of halogens is 1. The van der Waals surface area contributed by atoms with Crippen molar-refractivity contribution in [3.63, 3.8) is 0 Å².